The van der Waals surface area contributed by atoms with Crippen molar-refractivity contribution in [2.45, 2.75) is 140 Å². The molecule has 3 rings (SSSR count). The maximum absolute atomic E-state index is 4.12. The van der Waals surface area contributed by atoms with Crippen molar-refractivity contribution in [1.29, 1.82) is 0 Å². The Labute approximate surface area is 166 Å². The molecule has 0 aromatic carbocycles. The monoisotopic (exact) mass is 379 g/mol. The summed E-state index contributed by atoms with van der Waals surface area (Å²) >= 11 is 0. The summed E-state index contributed by atoms with van der Waals surface area (Å²) in [6.07, 6.45) is 20.6. The van der Waals surface area contributed by atoms with Gasteiger partial charge in [0.25, 0.3) is 0 Å². The van der Waals surface area contributed by atoms with Crippen molar-refractivity contribution in [2.24, 2.45) is 11.8 Å². The molecule has 1 atom stereocenters. The highest BCUT2D eigenvalue weighted by Gasteiger charge is 2.37. The molecule has 0 aromatic rings. The quantitative estimate of drug-likeness (QED) is 0.478. The molecule has 0 amide bonds. The molecule has 3 aliphatic rings. The van der Waals surface area contributed by atoms with Gasteiger partial charge >= 0.3 is 0 Å². The number of rotatable bonds is 6. The van der Waals surface area contributed by atoms with Crippen molar-refractivity contribution in [1.82, 2.24) is 5.32 Å². The number of hydrogen-bond donors (Lipinski definition) is 1. The molecule has 0 heterocycles. The predicted octanol–water partition coefficient (Wildman–Crippen LogP) is 7.28. The average Bonchev–Trinajstić information content (AvgIpc) is 2.63. The molecule has 3 saturated carbocycles. The minimum Gasteiger partial charge on any atom is -0.309 e. The third-order valence-corrected chi connectivity index (χ3v) is 10.3. The van der Waals surface area contributed by atoms with Crippen LogP contribution >= 0.6 is 8.58 Å². The molecule has 1 N–H and O–H groups in total. The Hall–Kier alpha value is 0.390. The van der Waals surface area contributed by atoms with Crippen LogP contribution in [0.2, 0.25) is 0 Å². The third-order valence-electron chi connectivity index (χ3n) is 8.13. The van der Waals surface area contributed by atoms with Gasteiger partial charge in [0.15, 0.2) is 0 Å². The van der Waals surface area contributed by atoms with E-state index >= 15 is 0 Å². The van der Waals surface area contributed by atoms with Crippen LogP contribution in [0.25, 0.3) is 0 Å². The summed E-state index contributed by atoms with van der Waals surface area (Å²) in [5, 5.41) is 4.71. The molecular weight excluding hydrogens is 333 g/mol. The van der Waals surface area contributed by atoms with E-state index in [0.717, 1.165) is 23.5 Å². The second-order valence-corrected chi connectivity index (χ2v) is 13.3. The SMILES string of the molecule is CC(C)(NC1CCC(C(C)(C)PC2CCCCC2)CC1)C1CCCCC1. The van der Waals surface area contributed by atoms with Gasteiger partial charge in [-0.15, -0.1) is 8.58 Å². The van der Waals surface area contributed by atoms with Crippen LogP contribution in [-0.4, -0.2) is 22.4 Å². The molecule has 1 unspecified atom stereocenters. The van der Waals surface area contributed by atoms with Crippen molar-refractivity contribution < 1.29 is 0 Å². The molecule has 0 aliphatic heterocycles. The Morgan fingerprint density at radius 1 is 0.615 bits per heavy atom. The molecule has 152 valence electrons. The fraction of sp³-hybridized carbons (Fsp3) is 1.00. The summed E-state index contributed by atoms with van der Waals surface area (Å²) in [6.45, 7) is 10.2. The van der Waals surface area contributed by atoms with Crippen molar-refractivity contribution >= 4 is 8.58 Å². The fourth-order valence-electron chi connectivity index (χ4n) is 6.32. The Balaban J connectivity index is 1.45. The Morgan fingerprint density at radius 3 is 1.73 bits per heavy atom. The first-order chi connectivity index (χ1) is 12.4. The lowest BCUT2D eigenvalue weighted by Gasteiger charge is -2.45. The van der Waals surface area contributed by atoms with Gasteiger partial charge in [-0.05, 0) is 87.9 Å². The minimum absolute atomic E-state index is 0.345. The molecule has 26 heavy (non-hydrogen) atoms. The van der Waals surface area contributed by atoms with E-state index in [-0.39, 0.29) is 0 Å². The average molecular weight is 380 g/mol. The molecule has 2 heteroatoms. The van der Waals surface area contributed by atoms with Gasteiger partial charge in [0.1, 0.15) is 0 Å². The lowest BCUT2D eigenvalue weighted by Crippen LogP contribution is -2.52. The molecule has 0 radical (unpaired) electrons. The van der Waals surface area contributed by atoms with Crippen LogP contribution < -0.4 is 5.32 Å². The first-order valence-corrected chi connectivity index (χ1v) is 13.0. The summed E-state index contributed by atoms with van der Waals surface area (Å²) in [4.78, 5) is 0. The van der Waals surface area contributed by atoms with Gasteiger partial charge < -0.3 is 5.32 Å². The molecule has 0 aromatic heterocycles. The van der Waals surface area contributed by atoms with Crippen LogP contribution in [0.5, 0.6) is 0 Å². The maximum atomic E-state index is 4.12. The predicted molar refractivity (Wildman–Crippen MR) is 119 cm³/mol. The van der Waals surface area contributed by atoms with E-state index in [1.165, 1.54) is 98.5 Å². The fourth-order valence-corrected chi connectivity index (χ4v) is 8.59. The molecule has 0 spiro atoms. The van der Waals surface area contributed by atoms with Crippen molar-refractivity contribution in [2.75, 3.05) is 0 Å². The summed E-state index contributed by atoms with van der Waals surface area (Å²) < 4.78 is 0. The highest BCUT2D eigenvalue weighted by Crippen LogP contribution is 2.50. The molecule has 1 nitrogen and oxygen atoms in total. The van der Waals surface area contributed by atoms with Crippen LogP contribution in [0, 0.1) is 11.8 Å². The molecule has 0 bridgehead atoms. The standard InChI is InChI=1S/C24H46NP/c1-23(2,19-11-7-5-8-12-19)25-21-17-15-20(16-18-21)24(3,4)26-22-13-9-6-10-14-22/h19-22,25-26H,5-18H2,1-4H3. The smallest absolute Gasteiger partial charge is 0.0155 e. The first kappa shape index (κ1) is 21.1. The van der Waals surface area contributed by atoms with Crippen LogP contribution in [0.15, 0.2) is 0 Å². The lowest BCUT2D eigenvalue weighted by molar-refractivity contribution is 0.150. The van der Waals surface area contributed by atoms with E-state index in [4.69, 9.17) is 0 Å². The second-order valence-electron chi connectivity index (χ2n) is 11.0. The Morgan fingerprint density at radius 2 is 1.15 bits per heavy atom. The summed E-state index contributed by atoms with van der Waals surface area (Å²) in [6, 6.07) is 0.775. The number of nitrogens with one attached hydrogen (secondary N) is 1. The highest BCUT2D eigenvalue weighted by molar-refractivity contribution is 7.40. The van der Waals surface area contributed by atoms with E-state index in [1.54, 1.807) is 0 Å². The van der Waals surface area contributed by atoms with E-state index in [0.29, 0.717) is 10.7 Å². The normalized spacial score (nSPS) is 30.9. The zero-order valence-electron chi connectivity index (χ0n) is 18.2. The van der Waals surface area contributed by atoms with E-state index < -0.39 is 0 Å². The van der Waals surface area contributed by atoms with Gasteiger partial charge in [-0.1, -0.05) is 52.4 Å². The van der Waals surface area contributed by atoms with Gasteiger partial charge in [0.05, 0.1) is 0 Å². The van der Waals surface area contributed by atoms with Crippen molar-refractivity contribution in [3.05, 3.63) is 0 Å². The van der Waals surface area contributed by atoms with Crippen LogP contribution in [0.3, 0.4) is 0 Å². The highest BCUT2D eigenvalue weighted by atomic mass is 31.1. The molecular formula is C24H46NP. The summed E-state index contributed by atoms with van der Waals surface area (Å²) in [5.74, 6) is 1.87. The topological polar surface area (TPSA) is 12.0 Å². The number of hydrogen-bond acceptors (Lipinski definition) is 1. The summed E-state index contributed by atoms with van der Waals surface area (Å²) in [5.41, 5.74) is 1.40. The Kier molecular flexibility index (Phi) is 7.52. The molecule has 0 saturated heterocycles. The van der Waals surface area contributed by atoms with E-state index in [1.807, 2.05) is 0 Å². The van der Waals surface area contributed by atoms with Gasteiger partial charge in [-0.3, -0.25) is 0 Å². The van der Waals surface area contributed by atoms with Crippen LogP contribution in [0.4, 0.5) is 0 Å². The van der Waals surface area contributed by atoms with Crippen molar-refractivity contribution in [3.63, 3.8) is 0 Å². The van der Waals surface area contributed by atoms with E-state index in [2.05, 4.69) is 33.0 Å². The van der Waals surface area contributed by atoms with Gasteiger partial charge in [-0.2, -0.15) is 0 Å². The van der Waals surface area contributed by atoms with Crippen molar-refractivity contribution in [3.8, 4) is 0 Å². The second kappa shape index (κ2) is 9.26. The van der Waals surface area contributed by atoms with Gasteiger partial charge in [0.2, 0.25) is 0 Å². The maximum Gasteiger partial charge on any atom is 0.0155 e. The molecule has 3 aliphatic carbocycles. The summed E-state index contributed by atoms with van der Waals surface area (Å²) in [7, 11) is 1.20. The van der Waals surface area contributed by atoms with E-state index in [9.17, 15) is 0 Å². The van der Waals surface area contributed by atoms with Gasteiger partial charge in [0, 0.05) is 11.6 Å². The largest absolute Gasteiger partial charge is 0.309 e. The third kappa shape index (κ3) is 5.70. The first-order valence-electron chi connectivity index (χ1n) is 11.9. The van der Waals surface area contributed by atoms with Gasteiger partial charge in [-0.25, -0.2) is 0 Å². The zero-order chi connectivity index (χ0) is 18.6. The Bertz CT molecular complexity index is 410. The zero-order valence-corrected chi connectivity index (χ0v) is 19.2. The molecule has 3 fully saturated rings. The minimum atomic E-state index is 0.345. The lowest BCUT2D eigenvalue weighted by atomic mass is 9.74. The van der Waals surface area contributed by atoms with Crippen LogP contribution in [-0.2, 0) is 0 Å². The van der Waals surface area contributed by atoms with Crippen LogP contribution in [0.1, 0.15) is 118 Å².